The van der Waals surface area contributed by atoms with Crippen LogP contribution in [0.5, 0.6) is 0 Å². The number of aliphatic hydroxyl groups is 1. The Bertz CT molecular complexity index is 538. The second-order valence-corrected chi connectivity index (χ2v) is 7.58. The van der Waals surface area contributed by atoms with Crippen LogP contribution in [0.25, 0.3) is 0 Å². The molecule has 2 bridgehead atoms. The van der Waals surface area contributed by atoms with Crippen molar-refractivity contribution in [3.05, 3.63) is 12.4 Å². The van der Waals surface area contributed by atoms with E-state index in [1.54, 1.807) is 6.33 Å². The number of rotatable bonds is 6. The molecule has 1 saturated heterocycles. The maximum absolute atomic E-state index is 9.48. The average molecular weight is 316 g/mol. The first-order chi connectivity index (χ1) is 11.3. The van der Waals surface area contributed by atoms with Crippen LogP contribution in [0.4, 0.5) is 11.6 Å². The van der Waals surface area contributed by atoms with Crippen molar-refractivity contribution < 1.29 is 5.11 Å². The molecule has 2 heterocycles. The topological polar surface area (TPSA) is 61.3 Å². The highest BCUT2D eigenvalue weighted by Gasteiger charge is 2.38. The zero-order valence-corrected chi connectivity index (χ0v) is 13.8. The largest absolute Gasteiger partial charge is 0.394 e. The molecule has 23 heavy (non-hydrogen) atoms. The molecule has 0 spiro atoms. The molecule has 5 heteroatoms. The maximum atomic E-state index is 9.48. The molecule has 0 amide bonds. The van der Waals surface area contributed by atoms with E-state index >= 15 is 0 Å². The number of nitrogens with zero attached hydrogens (tertiary/aromatic N) is 3. The molecule has 2 N–H and O–H groups in total. The molecule has 4 rings (SSSR count). The molecule has 3 aliphatic rings. The smallest absolute Gasteiger partial charge is 0.134 e. The Kier molecular flexibility index (Phi) is 4.38. The number of fused-ring (bicyclic) bond motifs is 2. The van der Waals surface area contributed by atoms with E-state index in [-0.39, 0.29) is 12.6 Å². The lowest BCUT2D eigenvalue weighted by Gasteiger charge is -2.24. The fourth-order valence-corrected chi connectivity index (χ4v) is 5.04. The number of hydrogen-bond donors (Lipinski definition) is 2. The van der Waals surface area contributed by atoms with Gasteiger partial charge in [0, 0.05) is 19.2 Å². The minimum atomic E-state index is 0.205. The van der Waals surface area contributed by atoms with Gasteiger partial charge in [0.2, 0.25) is 0 Å². The van der Waals surface area contributed by atoms with Crippen molar-refractivity contribution in [2.75, 3.05) is 29.9 Å². The lowest BCUT2D eigenvalue weighted by atomic mass is 9.86. The number of aromatic nitrogens is 2. The van der Waals surface area contributed by atoms with Crippen LogP contribution in [0.2, 0.25) is 0 Å². The third-order valence-corrected chi connectivity index (χ3v) is 6.24. The lowest BCUT2D eigenvalue weighted by Crippen LogP contribution is -2.32. The van der Waals surface area contributed by atoms with Crippen LogP contribution >= 0.6 is 0 Å². The molecular formula is C18H28N4O. The molecular weight excluding hydrogens is 288 g/mol. The lowest BCUT2D eigenvalue weighted by molar-refractivity contribution is 0.266. The Hall–Kier alpha value is -1.36. The quantitative estimate of drug-likeness (QED) is 0.845. The van der Waals surface area contributed by atoms with Gasteiger partial charge in [-0.15, -0.1) is 0 Å². The van der Waals surface area contributed by atoms with Gasteiger partial charge in [-0.05, 0) is 56.3 Å². The first-order valence-electron chi connectivity index (χ1n) is 9.27. The third-order valence-electron chi connectivity index (χ3n) is 6.24. The van der Waals surface area contributed by atoms with E-state index in [0.717, 1.165) is 55.3 Å². The van der Waals surface area contributed by atoms with Gasteiger partial charge in [-0.2, -0.15) is 0 Å². The predicted octanol–water partition coefficient (Wildman–Crippen LogP) is 2.68. The Labute approximate surface area is 138 Å². The van der Waals surface area contributed by atoms with Crippen LogP contribution in [0.1, 0.15) is 44.9 Å². The molecule has 2 saturated carbocycles. The molecule has 126 valence electrons. The molecule has 4 atom stereocenters. The number of aliphatic hydroxyl groups excluding tert-OH is 1. The summed E-state index contributed by atoms with van der Waals surface area (Å²) in [6.07, 6.45) is 11.0. The molecule has 0 radical (unpaired) electrons. The van der Waals surface area contributed by atoms with Crippen LogP contribution in [-0.4, -0.2) is 40.8 Å². The molecule has 1 aromatic heterocycles. The predicted molar refractivity (Wildman–Crippen MR) is 91.5 cm³/mol. The zero-order chi connectivity index (χ0) is 15.6. The van der Waals surface area contributed by atoms with Gasteiger partial charge in [-0.3, -0.25) is 0 Å². The van der Waals surface area contributed by atoms with E-state index in [4.69, 9.17) is 0 Å². The molecule has 1 aromatic rings. The van der Waals surface area contributed by atoms with Gasteiger partial charge in [0.15, 0.2) is 0 Å². The first kappa shape index (κ1) is 15.2. The fourth-order valence-electron chi connectivity index (χ4n) is 5.04. The molecule has 5 nitrogen and oxygen atoms in total. The summed E-state index contributed by atoms with van der Waals surface area (Å²) in [4.78, 5) is 11.0. The van der Waals surface area contributed by atoms with Gasteiger partial charge >= 0.3 is 0 Å². The van der Waals surface area contributed by atoms with Crippen LogP contribution in [0.3, 0.4) is 0 Å². The van der Waals surface area contributed by atoms with Crippen molar-refractivity contribution in [2.45, 2.75) is 51.0 Å². The summed E-state index contributed by atoms with van der Waals surface area (Å²) in [5, 5.41) is 13.0. The standard InChI is InChI=1S/C18H28N4O/c23-11-16-2-1-7-22(16)18-10-17(20-12-21-18)19-6-5-15-9-13-3-4-14(15)8-13/h10,12-16,23H,1-9,11H2,(H,19,20,21). The minimum Gasteiger partial charge on any atom is -0.394 e. The van der Waals surface area contributed by atoms with Crippen molar-refractivity contribution in [2.24, 2.45) is 17.8 Å². The summed E-state index contributed by atoms with van der Waals surface area (Å²) in [7, 11) is 0. The maximum Gasteiger partial charge on any atom is 0.134 e. The van der Waals surface area contributed by atoms with Crippen LogP contribution in [-0.2, 0) is 0 Å². The van der Waals surface area contributed by atoms with Gasteiger partial charge in [0.05, 0.1) is 12.6 Å². The first-order valence-corrected chi connectivity index (χ1v) is 9.27. The normalized spacial score (nSPS) is 32.7. The summed E-state index contributed by atoms with van der Waals surface area (Å²) in [5.41, 5.74) is 0. The summed E-state index contributed by atoms with van der Waals surface area (Å²) in [6, 6.07) is 2.25. The number of anilines is 2. The van der Waals surface area contributed by atoms with E-state index in [1.165, 1.54) is 32.1 Å². The van der Waals surface area contributed by atoms with E-state index in [2.05, 4.69) is 20.2 Å². The molecule has 0 aromatic carbocycles. The Morgan fingerprint density at radius 2 is 2.17 bits per heavy atom. The van der Waals surface area contributed by atoms with E-state index in [1.807, 2.05) is 6.07 Å². The fraction of sp³-hybridized carbons (Fsp3) is 0.778. The molecule has 2 aliphatic carbocycles. The second-order valence-electron chi connectivity index (χ2n) is 7.58. The van der Waals surface area contributed by atoms with Gasteiger partial charge in [0.25, 0.3) is 0 Å². The zero-order valence-electron chi connectivity index (χ0n) is 13.8. The SMILES string of the molecule is OCC1CCCN1c1cc(NCCC2CC3CCC2C3)ncn1. The summed E-state index contributed by atoms with van der Waals surface area (Å²) < 4.78 is 0. The van der Waals surface area contributed by atoms with E-state index < -0.39 is 0 Å². The Balaban J connectivity index is 1.32. The highest BCUT2D eigenvalue weighted by molar-refractivity contribution is 5.49. The van der Waals surface area contributed by atoms with Crippen molar-refractivity contribution in [3.63, 3.8) is 0 Å². The highest BCUT2D eigenvalue weighted by atomic mass is 16.3. The molecule has 3 fully saturated rings. The molecule has 4 unspecified atom stereocenters. The number of hydrogen-bond acceptors (Lipinski definition) is 5. The Morgan fingerprint density at radius 1 is 1.22 bits per heavy atom. The number of nitrogens with one attached hydrogen (secondary N) is 1. The summed E-state index contributed by atoms with van der Waals surface area (Å²) in [6.45, 7) is 2.19. The highest BCUT2D eigenvalue weighted by Crippen LogP contribution is 2.49. The van der Waals surface area contributed by atoms with Crippen molar-refractivity contribution in [1.82, 2.24) is 9.97 Å². The van der Waals surface area contributed by atoms with Crippen molar-refractivity contribution in [3.8, 4) is 0 Å². The molecule has 1 aliphatic heterocycles. The van der Waals surface area contributed by atoms with Crippen molar-refractivity contribution >= 4 is 11.6 Å². The van der Waals surface area contributed by atoms with Crippen LogP contribution in [0, 0.1) is 17.8 Å². The monoisotopic (exact) mass is 316 g/mol. The van der Waals surface area contributed by atoms with Gasteiger partial charge in [0.1, 0.15) is 18.0 Å². The van der Waals surface area contributed by atoms with E-state index in [0.29, 0.717) is 0 Å². The van der Waals surface area contributed by atoms with Crippen LogP contribution in [0.15, 0.2) is 12.4 Å². The van der Waals surface area contributed by atoms with E-state index in [9.17, 15) is 5.11 Å². The Morgan fingerprint density at radius 3 is 2.96 bits per heavy atom. The van der Waals surface area contributed by atoms with Crippen molar-refractivity contribution in [1.29, 1.82) is 0 Å². The van der Waals surface area contributed by atoms with Crippen LogP contribution < -0.4 is 10.2 Å². The van der Waals surface area contributed by atoms with Gasteiger partial charge < -0.3 is 15.3 Å². The van der Waals surface area contributed by atoms with Gasteiger partial charge in [-0.1, -0.05) is 6.42 Å². The second kappa shape index (κ2) is 6.63. The van der Waals surface area contributed by atoms with Gasteiger partial charge in [-0.25, -0.2) is 9.97 Å². The minimum absolute atomic E-state index is 0.205. The summed E-state index contributed by atoms with van der Waals surface area (Å²) >= 11 is 0. The summed E-state index contributed by atoms with van der Waals surface area (Å²) in [5.74, 6) is 4.82. The third kappa shape index (κ3) is 3.16. The average Bonchev–Trinajstić information content (AvgIpc) is 3.31.